The van der Waals surface area contributed by atoms with Crippen LogP contribution in [0.1, 0.15) is 48.3 Å². The van der Waals surface area contributed by atoms with Crippen molar-refractivity contribution in [1.82, 2.24) is 34.8 Å². The van der Waals surface area contributed by atoms with Gasteiger partial charge in [0.15, 0.2) is 11.5 Å². The van der Waals surface area contributed by atoms with Gasteiger partial charge in [-0.3, -0.25) is 4.98 Å². The van der Waals surface area contributed by atoms with Gasteiger partial charge in [0.1, 0.15) is 11.6 Å². The van der Waals surface area contributed by atoms with Gasteiger partial charge in [-0.15, -0.1) is 0 Å². The summed E-state index contributed by atoms with van der Waals surface area (Å²) in [6.45, 7) is 9.71. The zero-order valence-electron chi connectivity index (χ0n) is 23.4. The standard InChI is InChI=1S/C30H36N8O2/c1-21-17-25(40-19-22(2)24-7-5-4-6-8-24)18-38-27(21)33-26(35-38)9-14-37-20-30(34-29(37)39)10-15-36(16-11-30)28-23(3)31-12-13-32-28/h4-8,12-13,17-18,22H,9-11,14-16,19-20H2,1-3H3,(H,34,39)/t22-/m0/s1. The number of fused-ring (bicyclic) bond motifs is 1. The highest BCUT2D eigenvalue weighted by atomic mass is 16.5. The van der Waals surface area contributed by atoms with Crippen LogP contribution < -0.4 is 15.0 Å². The molecule has 6 rings (SSSR count). The summed E-state index contributed by atoms with van der Waals surface area (Å²) in [5, 5.41) is 7.99. The quantitative estimate of drug-likeness (QED) is 0.361. The van der Waals surface area contributed by atoms with Gasteiger partial charge in [-0.25, -0.2) is 19.3 Å². The number of benzene rings is 1. The van der Waals surface area contributed by atoms with Crippen molar-refractivity contribution in [2.45, 2.75) is 51.5 Å². The number of carbonyl (C=O) groups excluding carboxylic acids is 1. The van der Waals surface area contributed by atoms with Gasteiger partial charge in [0, 0.05) is 50.9 Å². The zero-order chi connectivity index (χ0) is 27.7. The van der Waals surface area contributed by atoms with Crippen LogP contribution in [0.15, 0.2) is 55.0 Å². The van der Waals surface area contributed by atoms with Gasteiger partial charge in [-0.05, 0) is 43.9 Å². The summed E-state index contributed by atoms with van der Waals surface area (Å²) < 4.78 is 7.92. The van der Waals surface area contributed by atoms with E-state index < -0.39 is 0 Å². The first-order valence-corrected chi connectivity index (χ1v) is 14.0. The number of rotatable bonds is 8. The molecule has 40 heavy (non-hydrogen) atoms. The molecule has 5 heterocycles. The topological polar surface area (TPSA) is 101 Å². The number of hydrogen-bond acceptors (Lipinski definition) is 7. The minimum absolute atomic E-state index is 0.00713. The van der Waals surface area contributed by atoms with E-state index in [1.54, 1.807) is 16.9 Å². The van der Waals surface area contributed by atoms with Crippen LogP contribution in [0.5, 0.6) is 5.75 Å². The van der Waals surface area contributed by atoms with Crippen LogP contribution in [0.2, 0.25) is 0 Å². The smallest absolute Gasteiger partial charge is 0.317 e. The molecule has 10 heteroatoms. The number of nitrogens with zero attached hydrogens (tertiary/aromatic N) is 7. The largest absolute Gasteiger partial charge is 0.491 e. The second-order valence-corrected chi connectivity index (χ2v) is 11.1. The van der Waals surface area contributed by atoms with E-state index in [0.29, 0.717) is 26.1 Å². The summed E-state index contributed by atoms with van der Waals surface area (Å²) in [5.41, 5.74) is 3.81. The van der Waals surface area contributed by atoms with Crippen LogP contribution in [-0.4, -0.2) is 73.8 Å². The summed E-state index contributed by atoms with van der Waals surface area (Å²) in [5.74, 6) is 2.71. The highest BCUT2D eigenvalue weighted by Gasteiger charge is 2.44. The van der Waals surface area contributed by atoms with Crippen LogP contribution in [-0.2, 0) is 6.42 Å². The minimum Gasteiger partial charge on any atom is -0.491 e. The summed E-state index contributed by atoms with van der Waals surface area (Å²) in [4.78, 5) is 30.7. The lowest BCUT2D eigenvalue weighted by Gasteiger charge is -2.39. The lowest BCUT2D eigenvalue weighted by atomic mass is 9.88. The van der Waals surface area contributed by atoms with Gasteiger partial charge < -0.3 is 19.9 Å². The molecule has 1 aromatic carbocycles. The Balaban J connectivity index is 1.05. The number of urea groups is 1. The number of piperidine rings is 1. The molecule has 10 nitrogen and oxygen atoms in total. The Hall–Kier alpha value is -4.21. The highest BCUT2D eigenvalue weighted by molar-refractivity contribution is 5.78. The highest BCUT2D eigenvalue weighted by Crippen LogP contribution is 2.30. The molecule has 0 aliphatic carbocycles. The third-order valence-corrected chi connectivity index (χ3v) is 8.14. The molecule has 2 saturated heterocycles. The molecule has 0 unspecified atom stereocenters. The van der Waals surface area contributed by atoms with Crippen molar-refractivity contribution in [1.29, 1.82) is 0 Å². The molecule has 4 aromatic rings. The second kappa shape index (κ2) is 10.7. The molecule has 0 bridgehead atoms. The van der Waals surface area contributed by atoms with E-state index in [2.05, 4.69) is 51.4 Å². The second-order valence-electron chi connectivity index (χ2n) is 11.1. The number of amides is 2. The number of aromatic nitrogens is 5. The maximum absolute atomic E-state index is 12.9. The number of pyridine rings is 1. The van der Waals surface area contributed by atoms with Crippen molar-refractivity contribution in [2.24, 2.45) is 0 Å². The van der Waals surface area contributed by atoms with E-state index in [0.717, 1.165) is 60.2 Å². The van der Waals surface area contributed by atoms with Crippen LogP contribution in [0.3, 0.4) is 0 Å². The third-order valence-electron chi connectivity index (χ3n) is 8.14. The van der Waals surface area contributed by atoms with Crippen molar-refractivity contribution < 1.29 is 9.53 Å². The van der Waals surface area contributed by atoms with Crippen molar-refractivity contribution in [2.75, 3.05) is 37.7 Å². The van der Waals surface area contributed by atoms with Crippen LogP contribution >= 0.6 is 0 Å². The summed E-state index contributed by atoms with van der Waals surface area (Å²) in [7, 11) is 0. The van der Waals surface area contributed by atoms with Gasteiger partial charge in [0.05, 0.1) is 24.0 Å². The van der Waals surface area contributed by atoms with Gasteiger partial charge >= 0.3 is 6.03 Å². The van der Waals surface area contributed by atoms with Crippen molar-refractivity contribution in [3.8, 4) is 5.75 Å². The van der Waals surface area contributed by atoms with Crippen molar-refractivity contribution in [3.05, 3.63) is 77.6 Å². The Morgan fingerprint density at radius 3 is 2.65 bits per heavy atom. The molecule has 1 spiro atoms. The predicted octanol–water partition coefficient (Wildman–Crippen LogP) is 3.93. The lowest BCUT2D eigenvalue weighted by molar-refractivity contribution is 0.217. The normalized spacial score (nSPS) is 17.4. The molecule has 0 saturated carbocycles. The lowest BCUT2D eigenvalue weighted by Crippen LogP contribution is -2.52. The number of carbonyl (C=O) groups is 1. The van der Waals surface area contributed by atoms with Crippen molar-refractivity contribution in [3.63, 3.8) is 0 Å². The zero-order valence-corrected chi connectivity index (χ0v) is 23.4. The number of ether oxygens (including phenoxy) is 1. The molecule has 2 fully saturated rings. The first-order chi connectivity index (χ1) is 19.4. The Morgan fingerprint density at radius 2 is 1.88 bits per heavy atom. The Kier molecular flexibility index (Phi) is 7.00. The van der Waals surface area contributed by atoms with E-state index in [1.165, 1.54) is 5.56 Å². The van der Waals surface area contributed by atoms with E-state index in [1.807, 2.05) is 37.1 Å². The van der Waals surface area contributed by atoms with Gasteiger partial charge in [-0.2, -0.15) is 5.10 Å². The number of hydrogen-bond donors (Lipinski definition) is 1. The van der Waals surface area contributed by atoms with Gasteiger partial charge in [0.2, 0.25) is 0 Å². The van der Waals surface area contributed by atoms with E-state index in [-0.39, 0.29) is 17.5 Å². The SMILES string of the molecule is Cc1nccnc1N1CCC2(CC1)CN(CCc1nc3c(C)cc(OC[C@H](C)c4ccccc4)cn3n1)C(=O)N2. The maximum atomic E-state index is 12.9. The average Bonchev–Trinajstić information content (AvgIpc) is 3.52. The van der Waals surface area contributed by atoms with E-state index in [4.69, 9.17) is 14.8 Å². The molecule has 208 valence electrons. The number of aryl methyl sites for hydroxylation is 2. The molecule has 0 radical (unpaired) electrons. The average molecular weight is 541 g/mol. The Bertz CT molecular complexity index is 1500. The van der Waals surface area contributed by atoms with Crippen LogP contribution in [0, 0.1) is 13.8 Å². The fourth-order valence-electron chi connectivity index (χ4n) is 5.78. The molecule has 1 atom stereocenters. The minimum atomic E-state index is -0.199. The first-order valence-electron chi connectivity index (χ1n) is 14.0. The Morgan fingerprint density at radius 1 is 1.10 bits per heavy atom. The van der Waals surface area contributed by atoms with E-state index >= 15 is 0 Å². The number of nitrogens with one attached hydrogen (secondary N) is 1. The molecular weight excluding hydrogens is 504 g/mol. The van der Waals surface area contributed by atoms with Gasteiger partial charge in [-0.1, -0.05) is 37.3 Å². The van der Waals surface area contributed by atoms with E-state index in [9.17, 15) is 4.79 Å². The summed E-state index contributed by atoms with van der Waals surface area (Å²) >= 11 is 0. The monoisotopic (exact) mass is 540 g/mol. The molecule has 1 N–H and O–H groups in total. The Labute approximate surface area is 234 Å². The van der Waals surface area contributed by atoms with Crippen molar-refractivity contribution >= 4 is 17.5 Å². The van der Waals surface area contributed by atoms with Gasteiger partial charge in [0.25, 0.3) is 0 Å². The molecule has 2 aliphatic heterocycles. The van der Waals surface area contributed by atoms with Crippen LogP contribution in [0.4, 0.5) is 10.6 Å². The molecule has 3 aromatic heterocycles. The predicted molar refractivity (Wildman–Crippen MR) is 153 cm³/mol. The number of anilines is 1. The molecule has 2 amide bonds. The summed E-state index contributed by atoms with van der Waals surface area (Å²) in [6.07, 6.45) is 7.70. The molecular formula is C30H36N8O2. The first kappa shape index (κ1) is 26.0. The van der Waals surface area contributed by atoms with Crippen LogP contribution in [0.25, 0.3) is 5.65 Å². The fourth-order valence-corrected chi connectivity index (χ4v) is 5.78. The third kappa shape index (κ3) is 5.30. The fraction of sp³-hybridized carbons (Fsp3) is 0.433. The summed E-state index contributed by atoms with van der Waals surface area (Å²) in [6, 6.07) is 12.4. The maximum Gasteiger partial charge on any atom is 0.317 e. The molecule has 2 aliphatic rings.